The number of sulfonamides is 1. The minimum absolute atomic E-state index is 0.192. The summed E-state index contributed by atoms with van der Waals surface area (Å²) >= 11 is 5.92. The van der Waals surface area contributed by atoms with E-state index in [0.717, 1.165) is 24.8 Å². The number of halogens is 1. The maximum atomic E-state index is 12.3. The molecular weight excluding hydrogens is 414 g/mol. The Morgan fingerprint density at radius 1 is 1.21 bits per heavy atom. The van der Waals surface area contributed by atoms with E-state index in [2.05, 4.69) is 5.10 Å². The molecule has 0 fully saturated rings. The van der Waals surface area contributed by atoms with Gasteiger partial charge >= 0.3 is 0 Å². The zero-order valence-electron chi connectivity index (χ0n) is 15.9. The molecule has 2 aromatic carbocycles. The van der Waals surface area contributed by atoms with Gasteiger partial charge in [0.15, 0.2) is 0 Å². The summed E-state index contributed by atoms with van der Waals surface area (Å²) in [4.78, 5) is 12.3. The van der Waals surface area contributed by atoms with Crippen LogP contribution in [0.5, 0.6) is 11.5 Å². The van der Waals surface area contributed by atoms with Crippen molar-refractivity contribution in [3.8, 4) is 22.6 Å². The van der Waals surface area contributed by atoms with Gasteiger partial charge in [-0.15, -0.1) is 0 Å². The van der Waals surface area contributed by atoms with E-state index in [1.807, 2.05) is 17.8 Å². The molecule has 0 aliphatic carbocycles. The smallest absolute Gasteiger partial charge is 0.264 e. The summed E-state index contributed by atoms with van der Waals surface area (Å²) in [5.41, 5.74) is 1.55. The van der Waals surface area contributed by atoms with E-state index >= 15 is 0 Å². The first-order chi connectivity index (χ1) is 13.7. The third kappa shape index (κ3) is 5.58. The van der Waals surface area contributed by atoms with Crippen molar-refractivity contribution in [3.63, 3.8) is 0 Å². The van der Waals surface area contributed by atoms with Crippen LogP contribution < -0.4 is 9.46 Å². The van der Waals surface area contributed by atoms with Gasteiger partial charge in [0.2, 0.25) is 10.0 Å². The summed E-state index contributed by atoms with van der Waals surface area (Å²) in [6.07, 6.45) is 5.38. The quantitative estimate of drug-likeness (QED) is 0.605. The summed E-state index contributed by atoms with van der Waals surface area (Å²) in [5, 5.41) is 4.91. The second kappa shape index (κ2) is 8.67. The Hall–Kier alpha value is -2.84. The van der Waals surface area contributed by atoms with Crippen LogP contribution in [0.1, 0.15) is 23.7 Å². The summed E-state index contributed by atoms with van der Waals surface area (Å²) in [7, 11) is -3.67. The van der Waals surface area contributed by atoms with E-state index in [1.165, 1.54) is 6.07 Å². The predicted octanol–water partition coefficient (Wildman–Crippen LogP) is 4.10. The molecule has 0 radical (unpaired) electrons. The highest BCUT2D eigenvalue weighted by molar-refractivity contribution is 7.89. The first-order valence-corrected chi connectivity index (χ1v) is 11.1. The lowest BCUT2D eigenvalue weighted by atomic mass is 10.0. The van der Waals surface area contributed by atoms with E-state index in [4.69, 9.17) is 16.3 Å². The Kier molecular flexibility index (Phi) is 6.24. The standard InChI is InChI=1S/C20H20ClN3O4S/c1-3-10-24-13-15(12-22-24)18-11-14(20(25)23-29(2,26)27)4-9-19(18)28-17-7-5-16(21)6-8-17/h4-9,11-13H,3,10H2,1-2H3,(H,23,25). The van der Waals surface area contributed by atoms with Gasteiger partial charge in [0, 0.05) is 34.5 Å². The lowest BCUT2D eigenvalue weighted by molar-refractivity contribution is 0.0981. The molecule has 152 valence electrons. The van der Waals surface area contributed by atoms with Gasteiger partial charge in [0.1, 0.15) is 11.5 Å². The number of carbonyl (C=O) groups excluding carboxylic acids is 1. The molecule has 9 heteroatoms. The maximum absolute atomic E-state index is 12.3. The van der Waals surface area contributed by atoms with Crippen LogP contribution in [0.3, 0.4) is 0 Å². The molecule has 7 nitrogen and oxygen atoms in total. The fourth-order valence-electron chi connectivity index (χ4n) is 2.70. The molecule has 0 saturated heterocycles. The summed E-state index contributed by atoms with van der Waals surface area (Å²) in [6, 6.07) is 11.6. The molecule has 29 heavy (non-hydrogen) atoms. The SMILES string of the molecule is CCCn1cc(-c2cc(C(=O)NS(C)(=O)=O)ccc2Oc2ccc(Cl)cc2)cn1. The van der Waals surface area contributed by atoms with Crippen LogP contribution in [0, 0.1) is 0 Å². The lowest BCUT2D eigenvalue weighted by Crippen LogP contribution is -2.29. The molecule has 3 aromatic rings. The van der Waals surface area contributed by atoms with Crippen molar-refractivity contribution in [2.75, 3.05) is 6.26 Å². The van der Waals surface area contributed by atoms with Gasteiger partial charge in [-0.05, 0) is 48.9 Å². The lowest BCUT2D eigenvalue weighted by Gasteiger charge is -2.12. The Labute approximate surface area is 174 Å². The summed E-state index contributed by atoms with van der Waals surface area (Å²) in [6.45, 7) is 2.80. The summed E-state index contributed by atoms with van der Waals surface area (Å²) < 4.78 is 32.5. The topological polar surface area (TPSA) is 90.3 Å². The number of benzene rings is 2. The molecule has 1 heterocycles. The molecule has 0 spiro atoms. The predicted molar refractivity (Wildman–Crippen MR) is 112 cm³/mol. The second-order valence-corrected chi connectivity index (χ2v) is 8.65. The van der Waals surface area contributed by atoms with Gasteiger partial charge in [-0.25, -0.2) is 13.1 Å². The van der Waals surface area contributed by atoms with Crippen LogP contribution in [-0.4, -0.2) is 30.4 Å². The van der Waals surface area contributed by atoms with Gasteiger partial charge in [0.25, 0.3) is 5.91 Å². The number of ether oxygens (including phenoxy) is 1. The Morgan fingerprint density at radius 2 is 1.93 bits per heavy atom. The minimum atomic E-state index is -3.67. The minimum Gasteiger partial charge on any atom is -0.457 e. The largest absolute Gasteiger partial charge is 0.457 e. The number of hydrogen-bond acceptors (Lipinski definition) is 5. The first kappa shape index (κ1) is 20.9. The highest BCUT2D eigenvalue weighted by Gasteiger charge is 2.16. The fourth-order valence-corrected chi connectivity index (χ4v) is 3.28. The van der Waals surface area contributed by atoms with Crippen molar-refractivity contribution >= 4 is 27.5 Å². The molecule has 0 aliphatic heterocycles. The molecule has 0 unspecified atom stereocenters. The van der Waals surface area contributed by atoms with E-state index in [-0.39, 0.29) is 5.56 Å². The maximum Gasteiger partial charge on any atom is 0.264 e. The van der Waals surface area contributed by atoms with Crippen LogP contribution >= 0.6 is 11.6 Å². The van der Waals surface area contributed by atoms with Crippen molar-refractivity contribution in [3.05, 3.63) is 65.4 Å². The Bertz CT molecular complexity index is 1120. The van der Waals surface area contributed by atoms with Gasteiger partial charge in [-0.3, -0.25) is 9.48 Å². The molecule has 0 bridgehead atoms. The zero-order valence-corrected chi connectivity index (χ0v) is 17.5. The number of carbonyl (C=O) groups is 1. The van der Waals surface area contributed by atoms with E-state index < -0.39 is 15.9 Å². The molecule has 1 aromatic heterocycles. The van der Waals surface area contributed by atoms with Crippen molar-refractivity contribution in [1.29, 1.82) is 0 Å². The number of aryl methyl sites for hydroxylation is 1. The van der Waals surface area contributed by atoms with Crippen LogP contribution in [0.25, 0.3) is 11.1 Å². The van der Waals surface area contributed by atoms with Crippen LogP contribution in [0.2, 0.25) is 5.02 Å². The Balaban J connectivity index is 2.01. The number of hydrogen-bond donors (Lipinski definition) is 1. The van der Waals surface area contributed by atoms with Crippen LogP contribution in [0.15, 0.2) is 54.9 Å². The second-order valence-electron chi connectivity index (χ2n) is 6.46. The average Bonchev–Trinajstić information content (AvgIpc) is 3.11. The van der Waals surface area contributed by atoms with Crippen molar-refractivity contribution in [1.82, 2.24) is 14.5 Å². The highest BCUT2D eigenvalue weighted by Crippen LogP contribution is 2.34. The molecule has 0 saturated carbocycles. The molecule has 0 aliphatic rings. The zero-order chi connectivity index (χ0) is 21.0. The van der Waals surface area contributed by atoms with Crippen LogP contribution in [0.4, 0.5) is 0 Å². The van der Waals surface area contributed by atoms with Gasteiger partial charge in [-0.1, -0.05) is 18.5 Å². The number of nitrogens with one attached hydrogen (secondary N) is 1. The highest BCUT2D eigenvalue weighted by atomic mass is 35.5. The Morgan fingerprint density at radius 3 is 2.59 bits per heavy atom. The van der Waals surface area contributed by atoms with E-state index in [9.17, 15) is 13.2 Å². The van der Waals surface area contributed by atoms with Crippen molar-refractivity contribution in [2.24, 2.45) is 0 Å². The van der Waals surface area contributed by atoms with Crippen molar-refractivity contribution < 1.29 is 17.9 Å². The van der Waals surface area contributed by atoms with Crippen molar-refractivity contribution in [2.45, 2.75) is 19.9 Å². The number of aromatic nitrogens is 2. The van der Waals surface area contributed by atoms with E-state index in [0.29, 0.717) is 22.1 Å². The fraction of sp³-hybridized carbons (Fsp3) is 0.200. The summed E-state index contributed by atoms with van der Waals surface area (Å²) in [5.74, 6) is 0.358. The number of rotatable bonds is 7. The normalized spacial score (nSPS) is 11.3. The third-order valence-electron chi connectivity index (χ3n) is 3.96. The molecular formula is C20H20ClN3O4S. The van der Waals surface area contributed by atoms with Gasteiger partial charge in [0.05, 0.1) is 12.5 Å². The van der Waals surface area contributed by atoms with Gasteiger partial charge < -0.3 is 4.74 Å². The average molecular weight is 434 g/mol. The molecule has 1 amide bonds. The van der Waals surface area contributed by atoms with Gasteiger partial charge in [-0.2, -0.15) is 5.10 Å². The number of nitrogens with zero attached hydrogens (tertiary/aromatic N) is 2. The number of amides is 1. The molecule has 0 atom stereocenters. The first-order valence-electron chi connectivity index (χ1n) is 8.87. The van der Waals surface area contributed by atoms with E-state index in [1.54, 1.807) is 47.3 Å². The van der Waals surface area contributed by atoms with Crippen LogP contribution in [-0.2, 0) is 16.6 Å². The third-order valence-corrected chi connectivity index (χ3v) is 4.77. The molecule has 1 N–H and O–H groups in total. The molecule has 3 rings (SSSR count). The monoisotopic (exact) mass is 433 g/mol.